The highest BCUT2D eigenvalue weighted by molar-refractivity contribution is 5.78. The third-order valence-corrected chi connectivity index (χ3v) is 5.17. The maximum absolute atomic E-state index is 5.79. The Labute approximate surface area is 190 Å². The smallest absolute Gasteiger partial charge is 0.228 e. The van der Waals surface area contributed by atoms with Crippen molar-refractivity contribution in [1.82, 2.24) is 30.1 Å². The Balaban J connectivity index is 1.63. The standard InChI is InChI=1S/C23H22N8O2/c1-32-21-20(17-13-16(14-25-15-17)19-3-2-6-26-30-19)28-23(31-9-11-33-12-10-31)29-22(21)27-18-4-7-24-8-5-18/h2-8,13-15H,9-12H2,1H3,(H,24,27,28,29). The van der Waals surface area contributed by atoms with Crippen LogP contribution in [0.4, 0.5) is 17.5 Å². The summed E-state index contributed by atoms with van der Waals surface area (Å²) in [6.45, 7) is 2.67. The van der Waals surface area contributed by atoms with Crippen LogP contribution in [0.15, 0.2) is 61.3 Å². The number of hydrogen-bond donors (Lipinski definition) is 1. The minimum atomic E-state index is 0.516. The summed E-state index contributed by atoms with van der Waals surface area (Å²) < 4.78 is 11.3. The molecule has 0 bridgehead atoms. The van der Waals surface area contributed by atoms with Crippen LogP contribution in [-0.4, -0.2) is 63.5 Å². The Morgan fingerprint density at radius 1 is 0.970 bits per heavy atom. The summed E-state index contributed by atoms with van der Waals surface area (Å²) in [5, 5.41) is 11.5. The van der Waals surface area contributed by atoms with E-state index in [1.54, 1.807) is 38.1 Å². The van der Waals surface area contributed by atoms with Crippen LogP contribution in [0.3, 0.4) is 0 Å². The second kappa shape index (κ2) is 9.53. The molecule has 4 aromatic rings. The van der Waals surface area contributed by atoms with Gasteiger partial charge in [-0.25, -0.2) is 4.98 Å². The van der Waals surface area contributed by atoms with Crippen LogP contribution in [0.25, 0.3) is 22.5 Å². The lowest BCUT2D eigenvalue weighted by Crippen LogP contribution is -2.37. The molecule has 0 atom stereocenters. The number of morpholine rings is 1. The van der Waals surface area contributed by atoms with Crippen LogP contribution >= 0.6 is 0 Å². The lowest BCUT2D eigenvalue weighted by molar-refractivity contribution is 0.122. The van der Waals surface area contributed by atoms with Crippen LogP contribution in [0, 0.1) is 0 Å². The Hall–Kier alpha value is -4.18. The molecule has 0 amide bonds. The number of hydrogen-bond acceptors (Lipinski definition) is 10. The van der Waals surface area contributed by atoms with Gasteiger partial charge in [0.25, 0.3) is 0 Å². The van der Waals surface area contributed by atoms with E-state index in [-0.39, 0.29) is 0 Å². The molecule has 1 aliphatic rings. The van der Waals surface area contributed by atoms with Gasteiger partial charge in [0.05, 0.1) is 26.0 Å². The second-order valence-electron chi connectivity index (χ2n) is 7.29. The SMILES string of the molecule is COc1c(Nc2ccncc2)nc(N2CCOCC2)nc1-c1cncc(-c2cccnn2)c1. The first kappa shape index (κ1) is 20.7. The maximum atomic E-state index is 5.79. The van der Waals surface area contributed by atoms with Gasteiger partial charge in [0, 0.05) is 60.9 Å². The quantitative estimate of drug-likeness (QED) is 0.478. The molecule has 1 aliphatic heterocycles. The van der Waals surface area contributed by atoms with E-state index in [1.807, 2.05) is 30.3 Å². The lowest BCUT2D eigenvalue weighted by Gasteiger charge is -2.28. The predicted molar refractivity (Wildman–Crippen MR) is 123 cm³/mol. The van der Waals surface area contributed by atoms with Gasteiger partial charge in [-0.2, -0.15) is 15.2 Å². The van der Waals surface area contributed by atoms with Gasteiger partial charge in [0.1, 0.15) is 5.69 Å². The van der Waals surface area contributed by atoms with Gasteiger partial charge in [-0.3, -0.25) is 9.97 Å². The highest BCUT2D eigenvalue weighted by Crippen LogP contribution is 2.37. The zero-order valence-corrected chi connectivity index (χ0v) is 18.0. The van der Waals surface area contributed by atoms with Crippen molar-refractivity contribution in [2.24, 2.45) is 0 Å². The summed E-state index contributed by atoms with van der Waals surface area (Å²) in [5.74, 6) is 1.66. The predicted octanol–water partition coefficient (Wildman–Crippen LogP) is 2.98. The fourth-order valence-corrected chi connectivity index (χ4v) is 3.55. The molecule has 0 saturated carbocycles. The number of pyridine rings is 2. The Morgan fingerprint density at radius 2 is 1.79 bits per heavy atom. The third kappa shape index (κ3) is 4.55. The number of rotatable bonds is 6. The van der Waals surface area contributed by atoms with E-state index in [1.165, 1.54) is 0 Å². The lowest BCUT2D eigenvalue weighted by atomic mass is 10.1. The van der Waals surface area contributed by atoms with Crippen molar-refractivity contribution in [1.29, 1.82) is 0 Å². The van der Waals surface area contributed by atoms with Gasteiger partial charge in [0.2, 0.25) is 5.95 Å². The largest absolute Gasteiger partial charge is 0.491 e. The summed E-state index contributed by atoms with van der Waals surface area (Å²) in [6.07, 6.45) is 8.58. The van der Waals surface area contributed by atoms with Crippen molar-refractivity contribution in [3.8, 4) is 28.3 Å². The van der Waals surface area contributed by atoms with Crippen LogP contribution < -0.4 is 15.0 Å². The van der Waals surface area contributed by atoms with Crippen LogP contribution in [0.1, 0.15) is 0 Å². The number of ether oxygens (including phenoxy) is 2. The summed E-state index contributed by atoms with van der Waals surface area (Å²) in [7, 11) is 1.61. The molecular weight excluding hydrogens is 420 g/mol. The Bertz CT molecular complexity index is 1220. The topological polar surface area (TPSA) is 111 Å². The van der Waals surface area contributed by atoms with E-state index in [2.05, 4.69) is 30.4 Å². The number of anilines is 3. The molecule has 10 heteroatoms. The van der Waals surface area contributed by atoms with Crippen molar-refractivity contribution in [3.05, 3.63) is 61.3 Å². The molecule has 0 unspecified atom stereocenters. The number of aromatic nitrogens is 6. The van der Waals surface area contributed by atoms with Crippen molar-refractivity contribution in [3.63, 3.8) is 0 Å². The molecule has 0 spiro atoms. The summed E-state index contributed by atoms with van der Waals surface area (Å²) in [5.41, 5.74) is 3.81. The molecule has 0 aromatic carbocycles. The Kier molecular flexibility index (Phi) is 5.98. The normalized spacial score (nSPS) is 13.5. The molecule has 0 aliphatic carbocycles. The summed E-state index contributed by atoms with van der Waals surface area (Å²) in [6, 6.07) is 9.44. The monoisotopic (exact) mass is 442 g/mol. The van der Waals surface area contributed by atoms with Crippen LogP contribution in [0.5, 0.6) is 5.75 Å². The van der Waals surface area contributed by atoms with E-state index >= 15 is 0 Å². The van der Waals surface area contributed by atoms with E-state index in [0.29, 0.717) is 49.5 Å². The average molecular weight is 442 g/mol. The number of nitrogens with zero attached hydrogens (tertiary/aromatic N) is 7. The highest BCUT2D eigenvalue weighted by atomic mass is 16.5. The zero-order chi connectivity index (χ0) is 22.5. The fraction of sp³-hybridized carbons (Fsp3) is 0.217. The van der Waals surface area contributed by atoms with Crippen LogP contribution in [-0.2, 0) is 4.74 Å². The first-order valence-electron chi connectivity index (χ1n) is 10.5. The van der Waals surface area contributed by atoms with Crippen molar-refractivity contribution >= 4 is 17.5 Å². The molecule has 10 nitrogen and oxygen atoms in total. The molecule has 5 rings (SSSR count). The van der Waals surface area contributed by atoms with Crippen molar-refractivity contribution in [2.75, 3.05) is 43.6 Å². The van der Waals surface area contributed by atoms with Crippen LogP contribution in [0.2, 0.25) is 0 Å². The highest BCUT2D eigenvalue weighted by Gasteiger charge is 2.22. The first-order valence-corrected chi connectivity index (χ1v) is 10.5. The summed E-state index contributed by atoms with van der Waals surface area (Å²) >= 11 is 0. The van der Waals surface area contributed by atoms with Gasteiger partial charge < -0.3 is 19.7 Å². The number of nitrogens with one attached hydrogen (secondary N) is 1. The third-order valence-electron chi connectivity index (χ3n) is 5.17. The van der Waals surface area contributed by atoms with Gasteiger partial charge >= 0.3 is 0 Å². The average Bonchev–Trinajstić information content (AvgIpc) is 2.90. The molecule has 166 valence electrons. The molecule has 1 saturated heterocycles. The van der Waals surface area contributed by atoms with Gasteiger partial charge in [0.15, 0.2) is 11.6 Å². The maximum Gasteiger partial charge on any atom is 0.228 e. The van der Waals surface area contributed by atoms with Crippen molar-refractivity contribution in [2.45, 2.75) is 0 Å². The molecule has 0 radical (unpaired) electrons. The van der Waals surface area contributed by atoms with E-state index in [0.717, 1.165) is 22.5 Å². The summed E-state index contributed by atoms with van der Waals surface area (Å²) in [4.78, 5) is 20.3. The van der Waals surface area contributed by atoms with Gasteiger partial charge in [-0.1, -0.05) is 0 Å². The molecular formula is C23H22N8O2. The zero-order valence-electron chi connectivity index (χ0n) is 18.0. The van der Waals surface area contributed by atoms with E-state index < -0.39 is 0 Å². The van der Waals surface area contributed by atoms with E-state index in [9.17, 15) is 0 Å². The minimum Gasteiger partial charge on any atom is -0.491 e. The van der Waals surface area contributed by atoms with Gasteiger partial charge in [-0.05, 0) is 30.3 Å². The molecule has 33 heavy (non-hydrogen) atoms. The van der Waals surface area contributed by atoms with Gasteiger partial charge in [-0.15, -0.1) is 0 Å². The number of methoxy groups -OCH3 is 1. The molecule has 1 N–H and O–H groups in total. The minimum absolute atomic E-state index is 0.516. The second-order valence-corrected chi connectivity index (χ2v) is 7.29. The van der Waals surface area contributed by atoms with Crippen molar-refractivity contribution < 1.29 is 9.47 Å². The molecule has 5 heterocycles. The van der Waals surface area contributed by atoms with E-state index in [4.69, 9.17) is 19.4 Å². The Morgan fingerprint density at radius 3 is 2.55 bits per heavy atom. The first-order chi connectivity index (χ1) is 16.3. The fourth-order valence-electron chi connectivity index (χ4n) is 3.55. The molecule has 4 aromatic heterocycles. The molecule has 1 fully saturated rings.